The highest BCUT2D eigenvalue weighted by Crippen LogP contribution is 2.21. The summed E-state index contributed by atoms with van der Waals surface area (Å²) in [7, 11) is 1.50. The number of carbonyl (C=O) groups excluding carboxylic acids is 1. The summed E-state index contributed by atoms with van der Waals surface area (Å²) in [6, 6.07) is 9.96. The summed E-state index contributed by atoms with van der Waals surface area (Å²) in [5.41, 5.74) is 0.582. The highest BCUT2D eigenvalue weighted by molar-refractivity contribution is 9.10. The lowest BCUT2D eigenvalue weighted by Crippen LogP contribution is -2.23. The zero-order valence-electron chi connectivity index (χ0n) is 9.55. The number of carbonyl (C=O) groups is 1. The average Bonchev–Trinajstić information content (AvgIpc) is 2.35. The molecular weight excluding hydrogens is 298 g/mol. The van der Waals surface area contributed by atoms with Crippen molar-refractivity contribution in [2.75, 3.05) is 5.32 Å². The van der Waals surface area contributed by atoms with Gasteiger partial charge in [-0.1, -0.05) is 12.1 Å². The molecule has 0 radical (unpaired) electrons. The summed E-state index contributed by atoms with van der Waals surface area (Å²) in [6.45, 7) is 0. The van der Waals surface area contributed by atoms with Gasteiger partial charge in [0.25, 0.3) is 11.5 Å². The highest BCUT2D eigenvalue weighted by atomic mass is 79.9. The molecule has 0 saturated carbocycles. The standard InChI is InChI=1S/C12H10BrN3O2/c1-16-11(17)7-6-10(15-16)12(18)14-9-5-3-2-4-8(9)13/h2-7H,1H3,(H,14,18). The first kappa shape index (κ1) is 12.5. The van der Waals surface area contributed by atoms with Gasteiger partial charge in [-0.25, -0.2) is 4.68 Å². The summed E-state index contributed by atoms with van der Waals surface area (Å²) >= 11 is 3.33. The molecule has 0 spiro atoms. The number of hydrogen-bond acceptors (Lipinski definition) is 3. The number of nitrogens with zero attached hydrogens (tertiary/aromatic N) is 2. The zero-order chi connectivity index (χ0) is 13.1. The van der Waals surface area contributed by atoms with E-state index in [9.17, 15) is 9.59 Å². The van der Waals surface area contributed by atoms with Crippen LogP contribution in [0, 0.1) is 0 Å². The molecule has 0 fully saturated rings. The molecule has 2 rings (SSSR count). The van der Waals surface area contributed by atoms with Crippen molar-refractivity contribution >= 4 is 27.5 Å². The second-order valence-corrected chi connectivity index (χ2v) is 4.47. The van der Waals surface area contributed by atoms with Crippen molar-refractivity contribution < 1.29 is 4.79 Å². The van der Waals surface area contributed by atoms with Gasteiger partial charge in [0.05, 0.1) is 5.69 Å². The Hall–Kier alpha value is -1.95. The smallest absolute Gasteiger partial charge is 0.276 e. The lowest BCUT2D eigenvalue weighted by atomic mass is 10.3. The Morgan fingerprint density at radius 1 is 1.28 bits per heavy atom. The van der Waals surface area contributed by atoms with E-state index in [0.717, 1.165) is 9.15 Å². The van der Waals surface area contributed by atoms with Crippen molar-refractivity contribution in [2.45, 2.75) is 0 Å². The third-order valence-corrected chi connectivity index (χ3v) is 3.01. The number of benzene rings is 1. The normalized spacial score (nSPS) is 10.1. The van der Waals surface area contributed by atoms with Gasteiger partial charge in [0, 0.05) is 17.6 Å². The summed E-state index contributed by atoms with van der Waals surface area (Å²) in [4.78, 5) is 23.1. The largest absolute Gasteiger partial charge is 0.320 e. The van der Waals surface area contributed by atoms with Crippen LogP contribution in [-0.2, 0) is 7.05 Å². The van der Waals surface area contributed by atoms with E-state index in [0.29, 0.717) is 5.69 Å². The molecule has 0 atom stereocenters. The van der Waals surface area contributed by atoms with Crippen LogP contribution < -0.4 is 10.9 Å². The fraction of sp³-hybridized carbons (Fsp3) is 0.0833. The maximum Gasteiger partial charge on any atom is 0.276 e. The van der Waals surface area contributed by atoms with E-state index in [2.05, 4.69) is 26.3 Å². The predicted octanol–water partition coefficient (Wildman–Crippen LogP) is 1.80. The first-order valence-corrected chi connectivity index (χ1v) is 5.97. The van der Waals surface area contributed by atoms with E-state index in [1.54, 1.807) is 6.07 Å². The van der Waals surface area contributed by atoms with Crippen LogP contribution in [0.25, 0.3) is 0 Å². The Labute approximate surface area is 112 Å². The Morgan fingerprint density at radius 3 is 2.67 bits per heavy atom. The lowest BCUT2D eigenvalue weighted by Gasteiger charge is -2.06. The molecule has 0 bridgehead atoms. The molecular formula is C12H10BrN3O2. The molecule has 0 aliphatic rings. The average molecular weight is 308 g/mol. The molecule has 92 valence electrons. The number of amides is 1. The van der Waals surface area contributed by atoms with E-state index in [-0.39, 0.29) is 17.2 Å². The third-order valence-electron chi connectivity index (χ3n) is 2.32. The molecule has 0 aliphatic heterocycles. The van der Waals surface area contributed by atoms with Crippen LogP contribution in [0.2, 0.25) is 0 Å². The van der Waals surface area contributed by atoms with E-state index >= 15 is 0 Å². The fourth-order valence-corrected chi connectivity index (χ4v) is 1.76. The van der Waals surface area contributed by atoms with Crippen LogP contribution in [0.15, 0.2) is 45.7 Å². The Bertz CT molecular complexity index is 652. The fourth-order valence-electron chi connectivity index (χ4n) is 1.37. The maximum absolute atomic E-state index is 11.9. The molecule has 0 aliphatic carbocycles. The molecule has 1 heterocycles. The van der Waals surface area contributed by atoms with Gasteiger partial charge in [0.15, 0.2) is 0 Å². The minimum absolute atomic E-state index is 0.188. The number of para-hydroxylation sites is 1. The van der Waals surface area contributed by atoms with Crippen LogP contribution in [0.1, 0.15) is 10.5 Å². The van der Waals surface area contributed by atoms with Crippen molar-refractivity contribution in [2.24, 2.45) is 7.05 Å². The Balaban J connectivity index is 2.25. The first-order chi connectivity index (χ1) is 8.58. The minimum Gasteiger partial charge on any atom is -0.320 e. The van der Waals surface area contributed by atoms with E-state index in [1.165, 1.54) is 19.2 Å². The maximum atomic E-state index is 11.9. The van der Waals surface area contributed by atoms with Gasteiger partial charge in [-0.15, -0.1) is 0 Å². The number of rotatable bonds is 2. The van der Waals surface area contributed by atoms with Gasteiger partial charge in [-0.05, 0) is 34.1 Å². The number of aromatic nitrogens is 2. The summed E-state index contributed by atoms with van der Waals surface area (Å²) in [5.74, 6) is -0.363. The van der Waals surface area contributed by atoms with Crippen molar-refractivity contribution in [1.29, 1.82) is 0 Å². The molecule has 6 heteroatoms. The molecule has 1 aromatic heterocycles. The Kier molecular flexibility index (Phi) is 3.57. The molecule has 2 aromatic rings. The minimum atomic E-state index is -0.363. The third kappa shape index (κ3) is 2.65. The molecule has 1 aromatic carbocycles. The van der Waals surface area contributed by atoms with E-state index in [4.69, 9.17) is 0 Å². The quantitative estimate of drug-likeness (QED) is 0.920. The monoisotopic (exact) mass is 307 g/mol. The van der Waals surface area contributed by atoms with Crippen molar-refractivity contribution in [3.05, 3.63) is 56.9 Å². The predicted molar refractivity (Wildman–Crippen MR) is 71.6 cm³/mol. The number of hydrogen-bond donors (Lipinski definition) is 1. The number of aryl methyl sites for hydroxylation is 1. The van der Waals surface area contributed by atoms with Gasteiger partial charge in [-0.2, -0.15) is 5.10 Å². The topological polar surface area (TPSA) is 64.0 Å². The van der Waals surface area contributed by atoms with E-state index < -0.39 is 0 Å². The van der Waals surface area contributed by atoms with Gasteiger partial charge in [0.1, 0.15) is 5.69 Å². The first-order valence-electron chi connectivity index (χ1n) is 5.18. The summed E-state index contributed by atoms with van der Waals surface area (Å²) in [6.07, 6.45) is 0. The highest BCUT2D eigenvalue weighted by Gasteiger charge is 2.10. The van der Waals surface area contributed by atoms with E-state index in [1.807, 2.05) is 18.2 Å². The lowest BCUT2D eigenvalue weighted by molar-refractivity contribution is 0.102. The number of anilines is 1. The van der Waals surface area contributed by atoms with Gasteiger partial charge in [-0.3, -0.25) is 9.59 Å². The van der Waals surface area contributed by atoms with Gasteiger partial charge >= 0.3 is 0 Å². The zero-order valence-corrected chi connectivity index (χ0v) is 11.1. The molecule has 0 unspecified atom stereocenters. The second-order valence-electron chi connectivity index (χ2n) is 3.61. The van der Waals surface area contributed by atoms with Crippen LogP contribution in [0.4, 0.5) is 5.69 Å². The van der Waals surface area contributed by atoms with Crippen LogP contribution in [-0.4, -0.2) is 15.7 Å². The molecule has 1 N–H and O–H groups in total. The molecule has 5 nitrogen and oxygen atoms in total. The summed E-state index contributed by atoms with van der Waals surface area (Å²) < 4.78 is 1.90. The van der Waals surface area contributed by atoms with Crippen LogP contribution in [0.5, 0.6) is 0 Å². The van der Waals surface area contributed by atoms with Crippen molar-refractivity contribution in [1.82, 2.24) is 9.78 Å². The molecule has 1 amide bonds. The Morgan fingerprint density at radius 2 is 2.00 bits per heavy atom. The second kappa shape index (κ2) is 5.14. The van der Waals surface area contributed by atoms with Gasteiger partial charge in [0.2, 0.25) is 0 Å². The number of halogens is 1. The van der Waals surface area contributed by atoms with Crippen LogP contribution >= 0.6 is 15.9 Å². The van der Waals surface area contributed by atoms with Crippen molar-refractivity contribution in [3.63, 3.8) is 0 Å². The van der Waals surface area contributed by atoms with Crippen LogP contribution in [0.3, 0.4) is 0 Å². The molecule has 0 saturated heterocycles. The molecule has 18 heavy (non-hydrogen) atoms. The van der Waals surface area contributed by atoms with Gasteiger partial charge < -0.3 is 5.32 Å². The number of nitrogens with one attached hydrogen (secondary N) is 1. The summed E-state index contributed by atoms with van der Waals surface area (Å²) in [5, 5.41) is 6.58. The van der Waals surface area contributed by atoms with Crippen molar-refractivity contribution in [3.8, 4) is 0 Å². The SMILES string of the molecule is Cn1nc(C(=O)Nc2ccccc2Br)ccc1=O.